The lowest BCUT2D eigenvalue weighted by molar-refractivity contribution is 0.364. The first-order chi connectivity index (χ1) is 15.5. The monoisotopic (exact) mass is 505 g/mol. The molecule has 2 aliphatic rings. The molecule has 1 fully saturated rings. The van der Waals surface area contributed by atoms with Gasteiger partial charge in [0.15, 0.2) is 11.9 Å². The largest absolute Gasteiger partial charge is 0.370 e. The van der Waals surface area contributed by atoms with Crippen molar-refractivity contribution >= 4 is 59.5 Å². The van der Waals surface area contributed by atoms with Crippen molar-refractivity contribution < 1.29 is 0 Å². The van der Waals surface area contributed by atoms with E-state index in [0.717, 1.165) is 36.4 Å². The van der Waals surface area contributed by atoms with Gasteiger partial charge < -0.3 is 27.8 Å². The number of nitrogens with two attached hydrogens (primary N) is 4. The summed E-state index contributed by atoms with van der Waals surface area (Å²) in [5, 5.41) is 0. The highest BCUT2D eigenvalue weighted by atomic mass is 35.5. The number of aliphatic imine (C=N–C) groups is 2. The molecule has 8 N–H and O–H groups in total. The first-order valence-electron chi connectivity index (χ1n) is 11.7. The van der Waals surface area contributed by atoms with Crippen LogP contribution in [0.25, 0.3) is 0 Å². The van der Waals surface area contributed by atoms with Crippen LogP contribution >= 0.6 is 24.8 Å². The Hall–Kier alpha value is -2.64. The van der Waals surface area contributed by atoms with Crippen molar-refractivity contribution in [3.8, 4) is 0 Å². The Kier molecular flexibility index (Phi) is 10.3. The minimum absolute atomic E-state index is 0. The lowest BCUT2D eigenvalue weighted by atomic mass is 9.86. The molecular formula is C25H37Cl2N7. The van der Waals surface area contributed by atoms with E-state index < -0.39 is 0 Å². The van der Waals surface area contributed by atoms with E-state index in [-0.39, 0.29) is 36.7 Å². The fourth-order valence-corrected chi connectivity index (χ4v) is 5.15. The Morgan fingerprint density at radius 2 is 1.35 bits per heavy atom. The minimum atomic E-state index is 0. The molecule has 34 heavy (non-hydrogen) atoms. The second-order valence-electron chi connectivity index (χ2n) is 8.97. The lowest BCUT2D eigenvalue weighted by Crippen LogP contribution is -2.28. The third-order valence-electron chi connectivity index (χ3n) is 6.61. The van der Waals surface area contributed by atoms with E-state index in [4.69, 9.17) is 22.9 Å². The van der Waals surface area contributed by atoms with Crippen LogP contribution in [0.4, 0.5) is 22.7 Å². The third-order valence-corrected chi connectivity index (χ3v) is 6.61. The number of fused-ring (bicyclic) bond motifs is 1. The first-order valence-corrected chi connectivity index (χ1v) is 11.7. The van der Waals surface area contributed by atoms with Crippen LogP contribution < -0.4 is 27.8 Å². The summed E-state index contributed by atoms with van der Waals surface area (Å²) in [4.78, 5) is 11.1. The molecule has 9 heteroatoms. The predicted molar refractivity (Wildman–Crippen MR) is 149 cm³/mol. The summed E-state index contributed by atoms with van der Waals surface area (Å²) in [7, 11) is 0. The standard InChI is InChI=1S/C25H35N7.2ClH/c26-24(27)30-18-10-12-19(13-11-18)32(16-17-6-2-1-3-7-17)23-15-14-22(31-25(28)29)20-8-4-5-9-21(20)23;;/h10-15,17H,1-9,16H2,(H4,26,27,30)(H4,28,29,31);2*1H. The summed E-state index contributed by atoms with van der Waals surface area (Å²) >= 11 is 0. The number of rotatable bonds is 6. The van der Waals surface area contributed by atoms with E-state index in [9.17, 15) is 0 Å². The van der Waals surface area contributed by atoms with Crippen molar-refractivity contribution in [2.75, 3.05) is 11.4 Å². The van der Waals surface area contributed by atoms with Gasteiger partial charge in [-0.3, -0.25) is 0 Å². The topological polar surface area (TPSA) is 132 Å². The number of anilines is 2. The molecule has 2 aromatic carbocycles. The molecule has 2 aromatic rings. The van der Waals surface area contributed by atoms with Crippen LogP contribution in [0.15, 0.2) is 46.4 Å². The summed E-state index contributed by atoms with van der Waals surface area (Å²) in [6.45, 7) is 1.01. The van der Waals surface area contributed by atoms with Crippen LogP contribution in [0.5, 0.6) is 0 Å². The van der Waals surface area contributed by atoms with E-state index >= 15 is 0 Å². The second kappa shape index (κ2) is 12.7. The van der Waals surface area contributed by atoms with Gasteiger partial charge in [0, 0.05) is 17.9 Å². The quantitative estimate of drug-likeness (QED) is 0.326. The van der Waals surface area contributed by atoms with Crippen LogP contribution in [-0.4, -0.2) is 18.5 Å². The summed E-state index contributed by atoms with van der Waals surface area (Å²) in [5.41, 5.74) is 29.3. The molecule has 0 atom stereocenters. The van der Waals surface area contributed by atoms with Gasteiger partial charge in [-0.15, -0.1) is 24.8 Å². The third kappa shape index (κ3) is 6.70. The fourth-order valence-electron chi connectivity index (χ4n) is 5.15. The zero-order chi connectivity index (χ0) is 22.5. The highest BCUT2D eigenvalue weighted by Gasteiger charge is 2.24. The van der Waals surface area contributed by atoms with Crippen LogP contribution in [0.3, 0.4) is 0 Å². The Morgan fingerprint density at radius 3 is 1.97 bits per heavy atom. The van der Waals surface area contributed by atoms with Crippen LogP contribution in [0.2, 0.25) is 0 Å². The maximum atomic E-state index is 5.71. The van der Waals surface area contributed by atoms with Crippen molar-refractivity contribution in [3.63, 3.8) is 0 Å². The van der Waals surface area contributed by atoms with E-state index in [1.54, 1.807) is 0 Å². The van der Waals surface area contributed by atoms with E-state index in [2.05, 4.69) is 39.2 Å². The molecule has 4 rings (SSSR count). The van der Waals surface area contributed by atoms with Crippen LogP contribution in [0, 0.1) is 5.92 Å². The van der Waals surface area contributed by atoms with Gasteiger partial charge in [0.2, 0.25) is 0 Å². The van der Waals surface area contributed by atoms with E-state index in [0.29, 0.717) is 5.92 Å². The molecule has 0 saturated heterocycles. The van der Waals surface area contributed by atoms with Gasteiger partial charge in [0.05, 0.1) is 11.4 Å². The number of nitrogens with zero attached hydrogens (tertiary/aromatic N) is 3. The molecule has 7 nitrogen and oxygen atoms in total. The first kappa shape index (κ1) is 27.6. The molecule has 0 bridgehead atoms. The molecule has 0 aliphatic heterocycles. The summed E-state index contributed by atoms with van der Waals surface area (Å²) in [5.74, 6) is 0.874. The summed E-state index contributed by atoms with van der Waals surface area (Å²) in [6, 6.07) is 12.4. The predicted octanol–water partition coefficient (Wildman–Crippen LogP) is 4.94. The molecule has 0 heterocycles. The van der Waals surface area contributed by atoms with E-state index in [1.807, 2.05) is 12.1 Å². The Morgan fingerprint density at radius 1 is 0.735 bits per heavy atom. The van der Waals surface area contributed by atoms with Crippen LogP contribution in [0.1, 0.15) is 56.1 Å². The molecule has 0 amide bonds. The van der Waals surface area contributed by atoms with Gasteiger partial charge in [0.25, 0.3) is 0 Å². The van der Waals surface area contributed by atoms with Gasteiger partial charge >= 0.3 is 0 Å². The molecule has 0 unspecified atom stereocenters. The van der Waals surface area contributed by atoms with Crippen molar-refractivity contribution in [2.24, 2.45) is 38.8 Å². The molecule has 1 saturated carbocycles. The molecule has 0 aromatic heterocycles. The Bertz CT molecular complexity index is 991. The molecule has 2 aliphatic carbocycles. The number of halogens is 2. The normalized spacial score (nSPS) is 15.2. The lowest BCUT2D eigenvalue weighted by Gasteiger charge is -2.34. The van der Waals surface area contributed by atoms with Crippen molar-refractivity contribution in [3.05, 3.63) is 47.5 Å². The highest BCUT2D eigenvalue weighted by Crippen LogP contribution is 2.40. The van der Waals surface area contributed by atoms with Crippen molar-refractivity contribution in [2.45, 2.75) is 57.8 Å². The molecule has 186 valence electrons. The molecule has 0 spiro atoms. The maximum Gasteiger partial charge on any atom is 0.191 e. The molecule has 0 radical (unpaired) electrons. The van der Waals surface area contributed by atoms with Crippen LogP contribution in [-0.2, 0) is 12.8 Å². The number of benzene rings is 2. The molecular weight excluding hydrogens is 469 g/mol. The second-order valence-corrected chi connectivity index (χ2v) is 8.97. The number of hydrogen-bond acceptors (Lipinski definition) is 3. The van der Waals surface area contributed by atoms with Gasteiger partial charge in [-0.2, -0.15) is 0 Å². The number of guanidine groups is 2. The van der Waals surface area contributed by atoms with Gasteiger partial charge in [-0.1, -0.05) is 19.3 Å². The zero-order valence-corrected chi connectivity index (χ0v) is 21.2. The smallest absolute Gasteiger partial charge is 0.191 e. The van der Waals surface area contributed by atoms with Gasteiger partial charge in [-0.05, 0) is 92.0 Å². The average molecular weight is 507 g/mol. The van der Waals surface area contributed by atoms with Gasteiger partial charge in [0.1, 0.15) is 0 Å². The average Bonchev–Trinajstić information content (AvgIpc) is 2.79. The summed E-state index contributed by atoms with van der Waals surface area (Å²) < 4.78 is 0. The zero-order valence-electron chi connectivity index (χ0n) is 19.6. The highest BCUT2D eigenvalue weighted by molar-refractivity contribution is 5.85. The van der Waals surface area contributed by atoms with Crippen molar-refractivity contribution in [1.82, 2.24) is 0 Å². The van der Waals surface area contributed by atoms with Gasteiger partial charge in [-0.25, -0.2) is 9.98 Å². The maximum absolute atomic E-state index is 5.71. The number of hydrogen-bond donors (Lipinski definition) is 4. The fraction of sp³-hybridized carbons (Fsp3) is 0.440. The van der Waals surface area contributed by atoms with E-state index in [1.165, 1.54) is 61.8 Å². The SMILES string of the molecule is Cl.Cl.NC(N)=Nc1ccc(N(CC2CCCCC2)c2ccc(N=C(N)N)c3c2CCCC3)cc1. The van der Waals surface area contributed by atoms with Crippen molar-refractivity contribution in [1.29, 1.82) is 0 Å². The minimum Gasteiger partial charge on any atom is -0.370 e. The Labute approximate surface area is 214 Å². The Balaban J connectivity index is 0.00000204. The summed E-state index contributed by atoms with van der Waals surface area (Å²) in [6.07, 6.45) is 11.0.